The third kappa shape index (κ3) is 5.39. The van der Waals surface area contributed by atoms with Gasteiger partial charge >= 0.3 is 0 Å². The summed E-state index contributed by atoms with van der Waals surface area (Å²) in [6.45, 7) is 9.91. The Morgan fingerprint density at radius 1 is 1.38 bits per heavy atom. The summed E-state index contributed by atoms with van der Waals surface area (Å²) in [5.74, 6) is 0. The maximum atomic E-state index is 3.52. The van der Waals surface area contributed by atoms with Crippen LogP contribution in [0.5, 0.6) is 0 Å². The molecule has 0 heteroatoms. The highest BCUT2D eigenvalue weighted by atomic mass is 14.1. The summed E-state index contributed by atoms with van der Waals surface area (Å²) in [7, 11) is 0. The van der Waals surface area contributed by atoms with Gasteiger partial charge in [0, 0.05) is 0 Å². The molecule has 0 bridgehead atoms. The molecule has 0 unspecified atom stereocenters. The molecule has 0 aliphatic heterocycles. The lowest BCUT2D eigenvalue weighted by atomic mass is 9.97. The first-order valence-electron chi connectivity index (χ1n) is 2.77. The van der Waals surface area contributed by atoms with Gasteiger partial charge in [-0.2, -0.15) is 0 Å². The highest BCUT2D eigenvalue weighted by Crippen LogP contribution is 2.12. The van der Waals surface area contributed by atoms with Crippen LogP contribution in [0.25, 0.3) is 0 Å². The maximum Gasteiger partial charge on any atom is -0.0311 e. The van der Waals surface area contributed by atoms with Gasteiger partial charge in [-0.15, -0.1) is 6.08 Å². The first kappa shape index (κ1) is 7.39. The van der Waals surface area contributed by atoms with Crippen LogP contribution in [0.2, 0.25) is 0 Å². The molecule has 0 amide bonds. The van der Waals surface area contributed by atoms with E-state index in [1.807, 2.05) is 6.08 Å². The van der Waals surface area contributed by atoms with Crippen molar-refractivity contribution in [2.75, 3.05) is 0 Å². The van der Waals surface area contributed by atoms with Gasteiger partial charge in [-0.25, -0.2) is 13.0 Å². The molecular weight excluding hydrogens is 96.1 g/mol. The van der Waals surface area contributed by atoms with Crippen molar-refractivity contribution in [3.05, 3.63) is 24.8 Å². The second kappa shape index (κ2) is 2.64. The van der Waals surface area contributed by atoms with E-state index in [2.05, 4.69) is 33.4 Å². The van der Waals surface area contributed by atoms with Crippen LogP contribution in [-0.2, 0) is 0 Å². The molecule has 46 valence electrons. The molecule has 0 atom stereocenters. The second-order valence-electron chi connectivity index (χ2n) is 2.88. The zero-order valence-electron chi connectivity index (χ0n) is 5.86. The van der Waals surface area contributed by atoms with Crippen molar-refractivity contribution in [3.8, 4) is 0 Å². The number of hydrogen-bond donors (Lipinski definition) is 0. The monoisotopic (exact) mass is 109 g/mol. The molecule has 0 N–H and O–H groups in total. The van der Waals surface area contributed by atoms with Crippen molar-refractivity contribution in [1.29, 1.82) is 0 Å². The first-order chi connectivity index (χ1) is 3.56. The van der Waals surface area contributed by atoms with E-state index in [9.17, 15) is 0 Å². The smallest absolute Gasteiger partial charge is 0.0311 e. The molecule has 0 aromatic heterocycles. The molecule has 8 heavy (non-hydrogen) atoms. The van der Waals surface area contributed by atoms with Gasteiger partial charge in [0.15, 0.2) is 0 Å². The van der Waals surface area contributed by atoms with Crippen LogP contribution in [-0.4, -0.2) is 0 Å². The standard InChI is InChI=1S/C8H13/c1-5-6-7-8(2,3)4/h5,7H,1H2,2-4H3/q-1. The van der Waals surface area contributed by atoms with Crippen LogP contribution in [0.1, 0.15) is 20.8 Å². The molecule has 0 rings (SSSR count). The van der Waals surface area contributed by atoms with Gasteiger partial charge < -0.3 is 5.73 Å². The molecule has 0 radical (unpaired) electrons. The summed E-state index contributed by atoms with van der Waals surface area (Å²) in [6, 6.07) is 0. The molecule has 0 aromatic rings. The third-order valence-electron chi connectivity index (χ3n) is 0.634. The van der Waals surface area contributed by atoms with E-state index in [0.717, 1.165) is 0 Å². The maximum absolute atomic E-state index is 3.52. The topological polar surface area (TPSA) is 0 Å². The van der Waals surface area contributed by atoms with Crippen LogP contribution >= 0.6 is 0 Å². The van der Waals surface area contributed by atoms with Crippen LogP contribution in [0, 0.1) is 12.3 Å². The Kier molecular flexibility index (Phi) is 2.44. The average molecular weight is 109 g/mol. The van der Waals surface area contributed by atoms with E-state index in [4.69, 9.17) is 0 Å². The average Bonchev–Trinajstić information content (AvgIpc) is 1.59. The molecule has 0 spiro atoms. The van der Waals surface area contributed by atoms with Gasteiger partial charge in [0.25, 0.3) is 0 Å². The SMILES string of the molecule is [CH2-]C=C=CC(C)(C)C. The molecule has 0 nitrogen and oxygen atoms in total. The predicted octanol–water partition coefficient (Wildman–Crippen LogP) is 2.58. The molecule has 0 aliphatic rings. The lowest BCUT2D eigenvalue weighted by molar-refractivity contribution is 0.545. The van der Waals surface area contributed by atoms with Crippen molar-refractivity contribution in [3.63, 3.8) is 0 Å². The fourth-order valence-corrected chi connectivity index (χ4v) is 0.309. The normalized spacial score (nSPS) is 9.88. The summed E-state index contributed by atoms with van der Waals surface area (Å²) in [4.78, 5) is 0. The Morgan fingerprint density at radius 2 is 1.88 bits per heavy atom. The molecule has 0 fully saturated rings. The Bertz CT molecular complexity index is 106. The minimum atomic E-state index is 0.244. The van der Waals surface area contributed by atoms with E-state index in [1.165, 1.54) is 0 Å². The van der Waals surface area contributed by atoms with E-state index in [-0.39, 0.29) is 5.41 Å². The number of allylic oxidation sites excluding steroid dienone is 1. The van der Waals surface area contributed by atoms with Crippen LogP contribution in [0.15, 0.2) is 17.9 Å². The molecule has 0 aromatic carbocycles. The molecule has 0 saturated carbocycles. The summed E-state index contributed by atoms with van der Waals surface area (Å²) >= 11 is 0. The van der Waals surface area contributed by atoms with Gasteiger partial charge in [0.1, 0.15) is 0 Å². The van der Waals surface area contributed by atoms with Crippen molar-refractivity contribution in [1.82, 2.24) is 0 Å². The summed E-state index contributed by atoms with van der Waals surface area (Å²) in [5.41, 5.74) is 3.17. The first-order valence-corrected chi connectivity index (χ1v) is 2.77. The zero-order valence-corrected chi connectivity index (χ0v) is 5.86. The van der Waals surface area contributed by atoms with Crippen molar-refractivity contribution in [2.45, 2.75) is 20.8 Å². The Labute approximate surface area is 51.9 Å². The van der Waals surface area contributed by atoms with Crippen molar-refractivity contribution < 1.29 is 0 Å². The second-order valence-corrected chi connectivity index (χ2v) is 2.88. The molecule has 0 heterocycles. The highest BCUT2D eigenvalue weighted by molar-refractivity contribution is 4.93. The number of hydrogen-bond acceptors (Lipinski definition) is 0. The quantitative estimate of drug-likeness (QED) is 0.331. The summed E-state index contributed by atoms with van der Waals surface area (Å²) in [6.07, 6.45) is 3.67. The fourth-order valence-electron chi connectivity index (χ4n) is 0.309. The van der Waals surface area contributed by atoms with Crippen LogP contribution in [0.3, 0.4) is 0 Å². The van der Waals surface area contributed by atoms with Crippen molar-refractivity contribution >= 4 is 0 Å². The van der Waals surface area contributed by atoms with Crippen LogP contribution in [0.4, 0.5) is 0 Å². The lowest BCUT2D eigenvalue weighted by Crippen LogP contribution is -1.96. The van der Waals surface area contributed by atoms with Gasteiger partial charge in [-0.3, -0.25) is 0 Å². The Morgan fingerprint density at radius 3 is 2.00 bits per heavy atom. The van der Waals surface area contributed by atoms with E-state index in [0.29, 0.717) is 0 Å². The van der Waals surface area contributed by atoms with Crippen LogP contribution < -0.4 is 0 Å². The predicted molar refractivity (Wildman–Crippen MR) is 37.5 cm³/mol. The van der Waals surface area contributed by atoms with Gasteiger partial charge in [-0.05, 0) is 5.41 Å². The molecule has 0 saturated heterocycles. The van der Waals surface area contributed by atoms with E-state index < -0.39 is 0 Å². The molecular formula is C8H13-. The summed E-state index contributed by atoms with van der Waals surface area (Å²) < 4.78 is 0. The molecule has 0 aliphatic carbocycles. The minimum Gasteiger partial charge on any atom is -0.353 e. The minimum absolute atomic E-state index is 0.244. The third-order valence-corrected chi connectivity index (χ3v) is 0.634. The summed E-state index contributed by atoms with van der Waals surface area (Å²) in [5, 5.41) is 0. The van der Waals surface area contributed by atoms with Gasteiger partial charge in [0.2, 0.25) is 0 Å². The van der Waals surface area contributed by atoms with E-state index in [1.54, 1.807) is 6.08 Å². The van der Waals surface area contributed by atoms with Gasteiger partial charge in [-0.1, -0.05) is 20.8 Å². The largest absolute Gasteiger partial charge is 0.353 e. The highest BCUT2D eigenvalue weighted by Gasteiger charge is 1.98. The fraction of sp³-hybridized carbons (Fsp3) is 0.500. The van der Waals surface area contributed by atoms with E-state index >= 15 is 0 Å². The van der Waals surface area contributed by atoms with Crippen molar-refractivity contribution in [2.24, 2.45) is 5.41 Å². The Balaban J connectivity index is 3.89. The number of rotatable bonds is 0. The zero-order chi connectivity index (χ0) is 6.62. The van der Waals surface area contributed by atoms with Gasteiger partial charge in [0.05, 0.1) is 0 Å². The lowest BCUT2D eigenvalue weighted by Gasteiger charge is -2.11. The Hall–Kier alpha value is -0.610.